The molecule has 9 heavy (non-hydrogen) atoms. The molecule has 0 aromatic heterocycles. The lowest BCUT2D eigenvalue weighted by Gasteiger charge is -2.03. The highest BCUT2D eigenvalue weighted by molar-refractivity contribution is 5.78. The van der Waals surface area contributed by atoms with Crippen LogP contribution >= 0.6 is 0 Å². The van der Waals surface area contributed by atoms with E-state index in [1.165, 1.54) is 6.21 Å². The van der Waals surface area contributed by atoms with E-state index in [1.54, 1.807) is 0 Å². The first-order valence-electron chi connectivity index (χ1n) is 2.90. The smallest absolute Gasteiger partial charge is 0.0384 e. The van der Waals surface area contributed by atoms with Crippen LogP contribution in [0.5, 0.6) is 0 Å². The van der Waals surface area contributed by atoms with Crippen molar-refractivity contribution in [3.8, 4) is 0 Å². The summed E-state index contributed by atoms with van der Waals surface area (Å²) in [6.45, 7) is 1.64. The molecule has 1 heterocycles. The van der Waals surface area contributed by atoms with Gasteiger partial charge in [-0.2, -0.15) is 0 Å². The van der Waals surface area contributed by atoms with E-state index in [0.29, 0.717) is 0 Å². The zero-order chi connectivity index (χ0) is 6.85. The van der Waals surface area contributed by atoms with Crippen molar-refractivity contribution in [3.05, 3.63) is 11.3 Å². The third kappa shape index (κ3) is 1.10. The highest BCUT2D eigenvalue weighted by Gasteiger charge is 2.13. The van der Waals surface area contributed by atoms with Crippen LogP contribution < -0.4 is 5.73 Å². The number of likely N-dealkylation sites (N-methyl/N-ethyl adjacent to an activating group) is 1. The van der Waals surface area contributed by atoms with Crippen molar-refractivity contribution < 1.29 is 0 Å². The molecule has 50 valence electrons. The molecule has 0 saturated heterocycles. The van der Waals surface area contributed by atoms with Crippen LogP contribution in [0, 0.1) is 5.41 Å². The first-order chi connectivity index (χ1) is 4.24. The highest BCUT2D eigenvalue weighted by atomic mass is 15.1. The van der Waals surface area contributed by atoms with Crippen molar-refractivity contribution in [1.82, 2.24) is 4.90 Å². The topological polar surface area (TPSA) is 53.1 Å². The summed E-state index contributed by atoms with van der Waals surface area (Å²) < 4.78 is 0. The molecule has 0 aromatic rings. The van der Waals surface area contributed by atoms with Crippen molar-refractivity contribution >= 4 is 6.21 Å². The Labute approximate surface area is 54.7 Å². The third-order valence-electron chi connectivity index (χ3n) is 1.47. The maximum absolute atomic E-state index is 6.93. The molecule has 0 bridgehead atoms. The number of nitrogens with two attached hydrogens (primary N) is 1. The highest BCUT2D eigenvalue weighted by Crippen LogP contribution is 2.07. The summed E-state index contributed by atoms with van der Waals surface area (Å²) in [7, 11) is 1.99. The Kier molecular flexibility index (Phi) is 1.53. The summed E-state index contributed by atoms with van der Waals surface area (Å²) in [6, 6.07) is 0. The molecule has 1 aliphatic heterocycles. The van der Waals surface area contributed by atoms with Crippen LogP contribution in [0.25, 0.3) is 0 Å². The fraction of sp³-hybridized carbons (Fsp3) is 0.500. The summed E-state index contributed by atoms with van der Waals surface area (Å²) in [4.78, 5) is 2.08. The molecule has 1 rings (SSSR count). The molecule has 0 atom stereocenters. The van der Waals surface area contributed by atoms with E-state index in [0.717, 1.165) is 24.4 Å². The van der Waals surface area contributed by atoms with E-state index in [1.807, 2.05) is 7.05 Å². The normalized spacial score (nSPS) is 21.0. The van der Waals surface area contributed by atoms with E-state index < -0.39 is 0 Å². The van der Waals surface area contributed by atoms with Gasteiger partial charge in [-0.15, -0.1) is 0 Å². The molecule has 0 fully saturated rings. The molecule has 3 heteroatoms. The largest absolute Gasteiger partial charge is 0.401 e. The second-order valence-electron chi connectivity index (χ2n) is 2.37. The Morgan fingerprint density at radius 2 is 2.33 bits per heavy atom. The molecule has 0 spiro atoms. The Morgan fingerprint density at radius 3 is 2.56 bits per heavy atom. The second kappa shape index (κ2) is 2.19. The third-order valence-corrected chi connectivity index (χ3v) is 1.47. The van der Waals surface area contributed by atoms with Gasteiger partial charge in [-0.1, -0.05) is 0 Å². The average molecular weight is 125 g/mol. The Hall–Kier alpha value is -0.830. The molecule has 1 aliphatic rings. The van der Waals surface area contributed by atoms with E-state index in [9.17, 15) is 0 Å². The van der Waals surface area contributed by atoms with E-state index in [-0.39, 0.29) is 0 Å². The van der Waals surface area contributed by atoms with Gasteiger partial charge in [0.25, 0.3) is 0 Å². The van der Waals surface area contributed by atoms with Crippen molar-refractivity contribution in [2.24, 2.45) is 5.73 Å². The lowest BCUT2D eigenvalue weighted by atomic mass is 10.3. The fourth-order valence-electron chi connectivity index (χ4n) is 0.979. The van der Waals surface area contributed by atoms with Crippen LogP contribution in [0.1, 0.15) is 0 Å². The summed E-state index contributed by atoms with van der Waals surface area (Å²) in [6.07, 6.45) is 1.33. The number of rotatable bonds is 1. The van der Waals surface area contributed by atoms with Crippen LogP contribution in [0.3, 0.4) is 0 Å². The monoisotopic (exact) mass is 125 g/mol. The van der Waals surface area contributed by atoms with Gasteiger partial charge in [0, 0.05) is 30.6 Å². The molecular weight excluding hydrogens is 114 g/mol. The van der Waals surface area contributed by atoms with Crippen molar-refractivity contribution in [2.75, 3.05) is 20.1 Å². The maximum atomic E-state index is 6.93. The molecule has 3 nitrogen and oxygen atoms in total. The Bertz CT molecular complexity index is 160. The van der Waals surface area contributed by atoms with Crippen LogP contribution in [-0.2, 0) is 0 Å². The van der Waals surface area contributed by atoms with Gasteiger partial charge in [-0.3, -0.25) is 4.90 Å². The van der Waals surface area contributed by atoms with Gasteiger partial charge in [0.1, 0.15) is 0 Å². The fourth-order valence-corrected chi connectivity index (χ4v) is 0.979. The van der Waals surface area contributed by atoms with E-state index in [4.69, 9.17) is 11.1 Å². The minimum Gasteiger partial charge on any atom is -0.401 e. The molecule has 0 aromatic carbocycles. The van der Waals surface area contributed by atoms with Gasteiger partial charge in [0.15, 0.2) is 0 Å². The number of hydrogen-bond acceptors (Lipinski definition) is 3. The number of hydrogen-bond donors (Lipinski definition) is 2. The molecule has 3 N–H and O–H groups in total. The second-order valence-corrected chi connectivity index (χ2v) is 2.37. The van der Waals surface area contributed by atoms with E-state index in [2.05, 4.69) is 4.90 Å². The number of nitrogens with one attached hydrogen (secondary N) is 1. The maximum Gasteiger partial charge on any atom is 0.0384 e. The average Bonchev–Trinajstić information content (AvgIpc) is 2.10. The minimum atomic E-state index is 0.810. The lowest BCUT2D eigenvalue weighted by Crippen LogP contribution is -2.16. The van der Waals surface area contributed by atoms with Crippen molar-refractivity contribution in [1.29, 1.82) is 5.41 Å². The summed E-state index contributed by atoms with van der Waals surface area (Å²) >= 11 is 0. The predicted octanol–water partition coefficient (Wildman–Crippen LogP) is -0.206. The van der Waals surface area contributed by atoms with Gasteiger partial charge >= 0.3 is 0 Å². The van der Waals surface area contributed by atoms with Gasteiger partial charge in [-0.05, 0) is 7.05 Å². The molecule has 0 radical (unpaired) electrons. The summed E-state index contributed by atoms with van der Waals surface area (Å²) in [5.41, 5.74) is 7.36. The Morgan fingerprint density at radius 1 is 1.67 bits per heavy atom. The molecular formula is C6H11N3. The zero-order valence-electron chi connectivity index (χ0n) is 5.52. The van der Waals surface area contributed by atoms with Crippen LogP contribution in [-0.4, -0.2) is 31.3 Å². The molecule has 0 saturated carbocycles. The predicted molar refractivity (Wildman–Crippen MR) is 37.5 cm³/mol. The van der Waals surface area contributed by atoms with Gasteiger partial charge < -0.3 is 11.1 Å². The standard InChI is InChI=1S/C6H11N3/c1-9-3-5(2-7)6(8)4-9/h2,7H,3-4,8H2,1H3. The van der Waals surface area contributed by atoms with Crippen LogP contribution in [0.4, 0.5) is 0 Å². The first kappa shape index (κ1) is 6.29. The van der Waals surface area contributed by atoms with Crippen LogP contribution in [0.2, 0.25) is 0 Å². The van der Waals surface area contributed by atoms with Crippen molar-refractivity contribution in [2.45, 2.75) is 0 Å². The lowest BCUT2D eigenvalue weighted by molar-refractivity contribution is 0.426. The summed E-state index contributed by atoms with van der Waals surface area (Å²) in [5, 5.41) is 6.93. The van der Waals surface area contributed by atoms with Gasteiger partial charge in [0.2, 0.25) is 0 Å². The van der Waals surface area contributed by atoms with E-state index >= 15 is 0 Å². The van der Waals surface area contributed by atoms with Gasteiger partial charge in [-0.25, -0.2) is 0 Å². The van der Waals surface area contributed by atoms with Crippen molar-refractivity contribution in [3.63, 3.8) is 0 Å². The summed E-state index contributed by atoms with van der Waals surface area (Å²) in [5.74, 6) is 0. The van der Waals surface area contributed by atoms with Crippen LogP contribution in [0.15, 0.2) is 11.3 Å². The number of nitrogens with zero attached hydrogens (tertiary/aromatic N) is 1. The van der Waals surface area contributed by atoms with Gasteiger partial charge in [0.05, 0.1) is 0 Å². The Balaban J connectivity index is 2.69. The quantitative estimate of drug-likeness (QED) is 0.476. The SMILES string of the molecule is CN1CC(N)=C(C=N)C1. The molecule has 0 unspecified atom stereocenters. The first-order valence-corrected chi connectivity index (χ1v) is 2.90. The molecule has 0 aliphatic carbocycles. The minimum absolute atomic E-state index is 0.810. The molecule has 0 amide bonds. The zero-order valence-corrected chi connectivity index (χ0v) is 5.52.